The highest BCUT2D eigenvalue weighted by atomic mass is 16.1. The van der Waals surface area contributed by atoms with Crippen molar-refractivity contribution in [3.63, 3.8) is 0 Å². The molecule has 0 atom stereocenters. The first-order valence-corrected chi connectivity index (χ1v) is 5.41. The third-order valence-corrected chi connectivity index (χ3v) is 3.07. The van der Waals surface area contributed by atoms with Crippen molar-refractivity contribution in [2.24, 2.45) is 11.8 Å². The van der Waals surface area contributed by atoms with Gasteiger partial charge in [-0.2, -0.15) is 0 Å². The number of ketones is 1. The highest BCUT2D eigenvalue weighted by molar-refractivity contribution is 5.87. The van der Waals surface area contributed by atoms with E-state index < -0.39 is 0 Å². The molecule has 0 heterocycles. The van der Waals surface area contributed by atoms with Crippen LogP contribution in [0.15, 0.2) is 12.2 Å². The third kappa shape index (κ3) is 3.75. The minimum absolute atomic E-state index is 0.178. The van der Waals surface area contributed by atoms with Gasteiger partial charge in [-0.3, -0.25) is 4.79 Å². The Morgan fingerprint density at radius 2 is 1.92 bits per heavy atom. The summed E-state index contributed by atoms with van der Waals surface area (Å²) in [4.78, 5) is 10.7. The molecule has 13 heavy (non-hydrogen) atoms. The van der Waals surface area contributed by atoms with Crippen molar-refractivity contribution in [2.45, 2.75) is 46.0 Å². The minimum atomic E-state index is 0.178. The van der Waals surface area contributed by atoms with Crippen LogP contribution in [-0.2, 0) is 4.79 Å². The first-order chi connectivity index (χ1) is 6.22. The van der Waals surface area contributed by atoms with Crippen molar-refractivity contribution in [1.82, 2.24) is 0 Å². The van der Waals surface area contributed by atoms with Crippen LogP contribution in [-0.4, -0.2) is 5.78 Å². The van der Waals surface area contributed by atoms with Gasteiger partial charge in [-0.25, -0.2) is 0 Å². The summed E-state index contributed by atoms with van der Waals surface area (Å²) in [5, 5.41) is 0. The first-order valence-electron chi connectivity index (χ1n) is 5.41. The smallest absolute Gasteiger partial charge is 0.152 e. The van der Waals surface area contributed by atoms with Crippen molar-refractivity contribution >= 4 is 5.78 Å². The zero-order valence-corrected chi connectivity index (χ0v) is 8.75. The highest BCUT2D eigenvalue weighted by Gasteiger charge is 2.17. The van der Waals surface area contributed by atoms with Gasteiger partial charge in [0.05, 0.1) is 0 Å². The fourth-order valence-electron chi connectivity index (χ4n) is 2.06. The number of carbonyl (C=O) groups excluding carboxylic acids is 1. The molecule has 0 saturated heterocycles. The maximum absolute atomic E-state index is 10.7. The second-order valence-corrected chi connectivity index (χ2v) is 4.16. The first kappa shape index (κ1) is 10.5. The molecule has 0 radical (unpaired) electrons. The van der Waals surface area contributed by atoms with E-state index in [4.69, 9.17) is 0 Å². The quantitative estimate of drug-likeness (QED) is 0.609. The van der Waals surface area contributed by atoms with Gasteiger partial charge in [-0.05, 0) is 50.5 Å². The lowest BCUT2D eigenvalue weighted by atomic mass is 9.81. The van der Waals surface area contributed by atoms with Crippen molar-refractivity contribution in [1.29, 1.82) is 0 Å². The molecule has 74 valence electrons. The van der Waals surface area contributed by atoms with Crippen molar-refractivity contribution < 1.29 is 4.79 Å². The molecule has 0 aromatic rings. The Kier molecular flexibility index (Phi) is 4.20. The molecule has 0 bridgehead atoms. The molecule has 1 nitrogen and oxygen atoms in total. The molecule has 1 aliphatic rings. The van der Waals surface area contributed by atoms with E-state index in [0.29, 0.717) is 5.92 Å². The van der Waals surface area contributed by atoms with Crippen LogP contribution in [0.2, 0.25) is 0 Å². The van der Waals surface area contributed by atoms with Crippen LogP contribution in [0.3, 0.4) is 0 Å². The van der Waals surface area contributed by atoms with Gasteiger partial charge in [-0.1, -0.05) is 19.4 Å². The van der Waals surface area contributed by atoms with Gasteiger partial charge < -0.3 is 0 Å². The van der Waals surface area contributed by atoms with Crippen LogP contribution in [0, 0.1) is 11.8 Å². The second-order valence-electron chi connectivity index (χ2n) is 4.16. The predicted octanol–water partition coefficient (Wildman–Crippen LogP) is 3.35. The Morgan fingerprint density at radius 3 is 2.38 bits per heavy atom. The average Bonchev–Trinajstić information content (AvgIpc) is 2.15. The number of rotatable bonds is 3. The van der Waals surface area contributed by atoms with Crippen LogP contribution < -0.4 is 0 Å². The van der Waals surface area contributed by atoms with Gasteiger partial charge >= 0.3 is 0 Å². The largest absolute Gasteiger partial charge is 0.295 e. The minimum Gasteiger partial charge on any atom is -0.295 e. The number of hydrogen-bond acceptors (Lipinski definition) is 1. The predicted molar refractivity (Wildman–Crippen MR) is 55.6 cm³/mol. The Labute approximate surface area is 81.2 Å². The lowest BCUT2D eigenvalue weighted by Gasteiger charge is -2.25. The summed E-state index contributed by atoms with van der Waals surface area (Å²) in [6.45, 7) is 3.89. The second kappa shape index (κ2) is 5.21. The van der Waals surface area contributed by atoms with Gasteiger partial charge in [0, 0.05) is 0 Å². The highest BCUT2D eigenvalue weighted by Crippen LogP contribution is 2.31. The van der Waals surface area contributed by atoms with Crippen LogP contribution in [0.25, 0.3) is 0 Å². The normalized spacial score (nSPS) is 29.4. The van der Waals surface area contributed by atoms with Crippen molar-refractivity contribution in [2.75, 3.05) is 0 Å². The molecule has 0 amide bonds. The van der Waals surface area contributed by atoms with E-state index in [2.05, 4.69) is 13.0 Å². The van der Waals surface area contributed by atoms with Crippen LogP contribution in [0.1, 0.15) is 46.0 Å². The Morgan fingerprint density at radius 1 is 1.31 bits per heavy atom. The summed E-state index contributed by atoms with van der Waals surface area (Å²) >= 11 is 0. The van der Waals surface area contributed by atoms with E-state index in [0.717, 1.165) is 5.92 Å². The molecule has 0 aromatic carbocycles. The van der Waals surface area contributed by atoms with E-state index in [-0.39, 0.29) is 5.78 Å². The number of carbonyl (C=O) groups is 1. The molecule has 0 unspecified atom stereocenters. The van der Waals surface area contributed by atoms with Gasteiger partial charge in [0.15, 0.2) is 5.78 Å². The fourth-order valence-corrected chi connectivity index (χ4v) is 2.06. The molecule has 0 N–H and O–H groups in total. The zero-order chi connectivity index (χ0) is 9.68. The van der Waals surface area contributed by atoms with Crippen molar-refractivity contribution in [3.05, 3.63) is 12.2 Å². The third-order valence-electron chi connectivity index (χ3n) is 3.07. The number of hydrogen-bond donors (Lipinski definition) is 0. The lowest BCUT2D eigenvalue weighted by molar-refractivity contribution is -0.112. The molecule has 1 aliphatic carbocycles. The van der Waals surface area contributed by atoms with Crippen LogP contribution in [0.4, 0.5) is 0 Å². The van der Waals surface area contributed by atoms with E-state index in [1.54, 1.807) is 13.0 Å². The topological polar surface area (TPSA) is 17.1 Å². The van der Waals surface area contributed by atoms with Crippen molar-refractivity contribution in [3.8, 4) is 0 Å². The van der Waals surface area contributed by atoms with E-state index in [1.807, 2.05) is 0 Å². The summed E-state index contributed by atoms with van der Waals surface area (Å²) < 4.78 is 0. The summed E-state index contributed by atoms with van der Waals surface area (Å²) in [6.07, 6.45) is 10.4. The van der Waals surface area contributed by atoms with Gasteiger partial charge in [0.25, 0.3) is 0 Å². The molecular weight excluding hydrogens is 160 g/mol. The molecule has 1 rings (SSSR count). The summed E-state index contributed by atoms with van der Waals surface area (Å²) in [6, 6.07) is 0. The molecular formula is C12H20O. The van der Waals surface area contributed by atoms with E-state index in [1.165, 1.54) is 32.1 Å². The summed E-state index contributed by atoms with van der Waals surface area (Å²) in [5.74, 6) is 1.80. The van der Waals surface area contributed by atoms with Gasteiger partial charge in [0.1, 0.15) is 0 Å². The Hall–Kier alpha value is -0.590. The maximum atomic E-state index is 10.7. The molecule has 1 heteroatoms. The SMILES string of the molecule is CCC1CCC(/C=C/C(C)=O)CC1. The molecule has 1 fully saturated rings. The summed E-state index contributed by atoms with van der Waals surface area (Å²) in [7, 11) is 0. The monoisotopic (exact) mass is 180 g/mol. The molecule has 1 saturated carbocycles. The van der Waals surface area contributed by atoms with Crippen LogP contribution >= 0.6 is 0 Å². The Balaban J connectivity index is 2.28. The van der Waals surface area contributed by atoms with Crippen LogP contribution in [0.5, 0.6) is 0 Å². The van der Waals surface area contributed by atoms with E-state index >= 15 is 0 Å². The standard InChI is InChI=1S/C12H20O/c1-3-11-6-8-12(9-7-11)5-4-10(2)13/h4-5,11-12H,3,6-9H2,1-2H3/b5-4+. The zero-order valence-electron chi connectivity index (χ0n) is 8.75. The molecule has 0 aliphatic heterocycles. The number of allylic oxidation sites excluding steroid dienone is 2. The van der Waals surface area contributed by atoms with Gasteiger partial charge in [-0.15, -0.1) is 0 Å². The van der Waals surface area contributed by atoms with Gasteiger partial charge in [0.2, 0.25) is 0 Å². The molecule has 0 spiro atoms. The molecule has 0 aromatic heterocycles. The van der Waals surface area contributed by atoms with E-state index in [9.17, 15) is 4.79 Å². The fraction of sp³-hybridized carbons (Fsp3) is 0.750. The summed E-state index contributed by atoms with van der Waals surface area (Å²) in [5.41, 5.74) is 0. The average molecular weight is 180 g/mol. The lowest BCUT2D eigenvalue weighted by Crippen LogP contribution is -2.12. The Bertz CT molecular complexity index is 185. The maximum Gasteiger partial charge on any atom is 0.152 e.